The SMILES string of the molecule is Cc1nc(N(C)C)c2ncn([C@@H]3O[C@H](CO[P@](=O)(N[C@@H](C)C(=O)OC(C)C)Oc4ccccc4)[C@@H](O)[C@@]3(C)F)c2n1. The Bertz CT molecular complexity index is 1420. The second-order valence-electron chi connectivity index (χ2n) is 10.5. The quantitative estimate of drug-likeness (QED) is 0.248. The molecule has 0 bridgehead atoms. The largest absolute Gasteiger partial charge is 0.462 e. The lowest BCUT2D eigenvalue weighted by Gasteiger charge is -2.25. The first-order valence-electron chi connectivity index (χ1n) is 13.1. The first-order valence-corrected chi connectivity index (χ1v) is 14.6. The number of halogens is 1. The molecule has 3 aromatic rings. The molecule has 0 unspecified atom stereocenters. The Hall–Kier alpha value is -3.16. The van der Waals surface area contributed by atoms with Gasteiger partial charge in [0.25, 0.3) is 0 Å². The number of aliphatic hydroxyl groups is 1. The van der Waals surface area contributed by atoms with Crippen LogP contribution in [0.5, 0.6) is 5.75 Å². The Balaban J connectivity index is 1.57. The van der Waals surface area contributed by atoms with Gasteiger partial charge in [0.15, 0.2) is 28.9 Å². The van der Waals surface area contributed by atoms with E-state index in [1.165, 1.54) is 24.7 Å². The molecule has 6 atom stereocenters. The monoisotopic (exact) mass is 594 g/mol. The average Bonchev–Trinajstić information content (AvgIpc) is 3.40. The van der Waals surface area contributed by atoms with Gasteiger partial charge in [0, 0.05) is 14.1 Å². The first-order chi connectivity index (χ1) is 19.2. The minimum Gasteiger partial charge on any atom is -0.462 e. The Labute approximate surface area is 237 Å². The smallest absolute Gasteiger partial charge is 0.459 e. The molecule has 0 amide bonds. The van der Waals surface area contributed by atoms with Crippen LogP contribution in [0, 0.1) is 6.92 Å². The first kappa shape index (κ1) is 30.8. The van der Waals surface area contributed by atoms with Gasteiger partial charge in [-0.2, -0.15) is 5.09 Å². The number of aliphatic hydroxyl groups excluding tert-OH is 1. The number of hydrogen-bond acceptors (Lipinski definition) is 11. The van der Waals surface area contributed by atoms with E-state index in [4.69, 9.17) is 18.5 Å². The number of anilines is 1. The molecule has 1 aliphatic heterocycles. The van der Waals surface area contributed by atoms with Crippen LogP contribution in [0.1, 0.15) is 39.7 Å². The van der Waals surface area contributed by atoms with Crippen molar-refractivity contribution < 1.29 is 37.4 Å². The van der Waals surface area contributed by atoms with Gasteiger partial charge in [-0.1, -0.05) is 18.2 Å². The summed E-state index contributed by atoms with van der Waals surface area (Å²) in [4.78, 5) is 27.3. The topological polar surface area (TPSA) is 150 Å². The van der Waals surface area contributed by atoms with Gasteiger partial charge >= 0.3 is 13.7 Å². The highest BCUT2D eigenvalue weighted by atomic mass is 31.2. The molecule has 1 saturated heterocycles. The van der Waals surface area contributed by atoms with Crippen LogP contribution in [-0.2, 0) is 23.4 Å². The number of carbonyl (C=O) groups excluding carboxylic acids is 1. The van der Waals surface area contributed by atoms with E-state index in [1.54, 1.807) is 70.1 Å². The molecular formula is C26H36FN6O7P. The molecule has 1 aliphatic rings. The van der Waals surface area contributed by atoms with Crippen molar-refractivity contribution in [2.24, 2.45) is 0 Å². The number of hydrogen-bond donors (Lipinski definition) is 2. The highest BCUT2D eigenvalue weighted by Crippen LogP contribution is 2.48. The van der Waals surface area contributed by atoms with Crippen LogP contribution in [0.4, 0.5) is 10.2 Å². The zero-order chi connectivity index (χ0) is 30.1. The third-order valence-electron chi connectivity index (χ3n) is 6.34. The molecule has 0 saturated carbocycles. The molecular weight excluding hydrogens is 558 g/mol. The van der Waals surface area contributed by atoms with E-state index in [1.807, 2.05) is 0 Å². The fourth-order valence-electron chi connectivity index (χ4n) is 4.35. The van der Waals surface area contributed by atoms with Gasteiger partial charge in [-0.05, 0) is 46.8 Å². The summed E-state index contributed by atoms with van der Waals surface area (Å²) in [7, 11) is -0.665. The molecule has 2 aromatic heterocycles. The predicted octanol–water partition coefficient (Wildman–Crippen LogP) is 3.32. The zero-order valence-electron chi connectivity index (χ0n) is 24.0. The molecule has 15 heteroatoms. The molecule has 1 aromatic carbocycles. The summed E-state index contributed by atoms with van der Waals surface area (Å²) in [5, 5.41) is 13.5. The Morgan fingerprint density at radius 1 is 1.27 bits per heavy atom. The number of benzene rings is 1. The molecule has 2 N–H and O–H groups in total. The van der Waals surface area contributed by atoms with Gasteiger partial charge in [0.1, 0.15) is 29.8 Å². The van der Waals surface area contributed by atoms with E-state index in [-0.39, 0.29) is 5.75 Å². The molecule has 41 heavy (non-hydrogen) atoms. The molecule has 0 radical (unpaired) electrons. The number of ether oxygens (including phenoxy) is 2. The predicted molar refractivity (Wildman–Crippen MR) is 148 cm³/mol. The van der Waals surface area contributed by atoms with Gasteiger partial charge in [-0.15, -0.1) is 0 Å². The second-order valence-corrected chi connectivity index (χ2v) is 12.2. The van der Waals surface area contributed by atoms with Crippen molar-refractivity contribution >= 4 is 30.7 Å². The van der Waals surface area contributed by atoms with E-state index in [2.05, 4.69) is 20.0 Å². The molecule has 1 fully saturated rings. The highest BCUT2D eigenvalue weighted by molar-refractivity contribution is 7.52. The van der Waals surface area contributed by atoms with Crippen molar-refractivity contribution in [2.45, 2.75) is 70.9 Å². The standard InChI is InChI=1S/C26H36FN6O7P/c1-15(2)38-24(35)16(3)31-41(36,40-18-11-9-8-10-12-18)37-13-19-21(34)26(5,27)25(39-19)33-14-28-20-22(32(6)7)29-17(4)30-23(20)33/h8-12,14-16,19,21,25,34H,13H2,1-7H3,(H,31,36)/t16-,19+,21+,25+,26+,41+/m0/s1. The molecule has 13 nitrogen and oxygen atoms in total. The number of rotatable bonds is 11. The number of nitrogens with zero attached hydrogens (tertiary/aromatic N) is 5. The van der Waals surface area contributed by atoms with Gasteiger partial charge in [-0.3, -0.25) is 13.9 Å². The third-order valence-corrected chi connectivity index (χ3v) is 7.99. The van der Waals surface area contributed by atoms with Gasteiger partial charge in [-0.25, -0.2) is 23.9 Å². The normalized spacial score (nSPS) is 24.8. The Morgan fingerprint density at radius 3 is 2.59 bits per heavy atom. The van der Waals surface area contributed by atoms with Crippen LogP contribution in [0.15, 0.2) is 36.7 Å². The summed E-state index contributed by atoms with van der Waals surface area (Å²) in [6.45, 7) is 7.17. The number of imidazole rings is 1. The Kier molecular flexibility index (Phi) is 9.00. The Morgan fingerprint density at radius 2 is 1.95 bits per heavy atom. The summed E-state index contributed by atoms with van der Waals surface area (Å²) < 4.78 is 53.6. The average molecular weight is 595 g/mol. The third kappa shape index (κ3) is 6.68. The molecule has 0 spiro atoms. The fourth-order valence-corrected chi connectivity index (χ4v) is 5.85. The molecule has 3 heterocycles. The maximum Gasteiger partial charge on any atom is 0.459 e. The van der Waals surface area contributed by atoms with Crippen molar-refractivity contribution in [3.63, 3.8) is 0 Å². The van der Waals surface area contributed by atoms with Crippen LogP contribution < -0.4 is 14.5 Å². The van der Waals surface area contributed by atoms with E-state index in [0.29, 0.717) is 22.8 Å². The van der Waals surface area contributed by atoms with Crippen LogP contribution in [0.3, 0.4) is 0 Å². The fraction of sp³-hybridized carbons (Fsp3) is 0.538. The number of para-hydroxylation sites is 1. The number of fused-ring (bicyclic) bond motifs is 1. The number of nitrogens with one attached hydrogen (secondary N) is 1. The lowest BCUT2D eigenvalue weighted by Crippen LogP contribution is -2.41. The van der Waals surface area contributed by atoms with Crippen molar-refractivity contribution in [1.82, 2.24) is 24.6 Å². The molecule has 0 aliphatic carbocycles. The number of aryl methyl sites for hydroxylation is 1. The second kappa shape index (κ2) is 12.0. The number of carbonyl (C=O) groups is 1. The van der Waals surface area contributed by atoms with E-state index in [0.717, 1.165) is 0 Å². The maximum absolute atomic E-state index is 16.1. The van der Waals surface area contributed by atoms with Crippen molar-refractivity contribution in [1.29, 1.82) is 0 Å². The number of esters is 1. The minimum atomic E-state index is -4.27. The number of aromatic nitrogens is 4. The van der Waals surface area contributed by atoms with Crippen LogP contribution in [0.25, 0.3) is 11.2 Å². The number of alkyl halides is 1. The lowest BCUT2D eigenvalue weighted by atomic mass is 9.98. The van der Waals surface area contributed by atoms with Crippen LogP contribution in [0.2, 0.25) is 0 Å². The highest BCUT2D eigenvalue weighted by Gasteiger charge is 2.56. The van der Waals surface area contributed by atoms with Crippen molar-refractivity contribution in [2.75, 3.05) is 25.6 Å². The maximum atomic E-state index is 16.1. The van der Waals surface area contributed by atoms with E-state index in [9.17, 15) is 14.5 Å². The zero-order valence-corrected chi connectivity index (χ0v) is 24.9. The van der Waals surface area contributed by atoms with Gasteiger partial charge in [0.2, 0.25) is 0 Å². The van der Waals surface area contributed by atoms with E-state index < -0.39 is 56.6 Å². The van der Waals surface area contributed by atoms with Crippen LogP contribution in [-0.4, -0.2) is 81.3 Å². The summed E-state index contributed by atoms with van der Waals surface area (Å²) in [6.07, 6.45) is -3.32. The summed E-state index contributed by atoms with van der Waals surface area (Å²) in [5.41, 5.74) is -1.56. The lowest BCUT2D eigenvalue weighted by molar-refractivity contribution is -0.149. The van der Waals surface area contributed by atoms with Crippen molar-refractivity contribution in [3.05, 3.63) is 42.5 Å². The van der Waals surface area contributed by atoms with E-state index >= 15 is 4.39 Å². The van der Waals surface area contributed by atoms with Gasteiger partial charge in [0.05, 0.1) is 19.0 Å². The molecule has 4 rings (SSSR count). The molecule has 224 valence electrons. The minimum absolute atomic E-state index is 0.200. The summed E-state index contributed by atoms with van der Waals surface area (Å²) in [6, 6.07) is 7.11. The van der Waals surface area contributed by atoms with Gasteiger partial charge < -0.3 is 24.0 Å². The van der Waals surface area contributed by atoms with Crippen LogP contribution >= 0.6 is 7.75 Å². The summed E-state index contributed by atoms with van der Waals surface area (Å²) in [5.74, 6) is 0.512. The van der Waals surface area contributed by atoms with Crippen molar-refractivity contribution in [3.8, 4) is 5.75 Å². The summed E-state index contributed by atoms with van der Waals surface area (Å²) >= 11 is 0.